The van der Waals surface area contributed by atoms with Gasteiger partial charge in [0.1, 0.15) is 0 Å². The Morgan fingerprint density at radius 1 is 1.37 bits per heavy atom. The van der Waals surface area contributed by atoms with Gasteiger partial charge in [0.2, 0.25) is 0 Å². The van der Waals surface area contributed by atoms with Gasteiger partial charge >= 0.3 is 0 Å². The molecule has 0 aliphatic carbocycles. The molecule has 0 radical (unpaired) electrons. The zero-order valence-corrected chi connectivity index (χ0v) is 12.6. The second-order valence-electron chi connectivity index (χ2n) is 4.98. The van der Waals surface area contributed by atoms with E-state index < -0.39 is 0 Å². The van der Waals surface area contributed by atoms with E-state index in [1.165, 1.54) is 30.7 Å². The normalized spacial score (nSPS) is 17.5. The van der Waals surface area contributed by atoms with Crippen LogP contribution >= 0.6 is 11.3 Å². The summed E-state index contributed by atoms with van der Waals surface area (Å²) >= 11 is 1.74. The number of thiazole rings is 1. The minimum Gasteiger partial charge on any atom is -0.370 e. The third-order valence-electron chi connectivity index (χ3n) is 3.47. The van der Waals surface area contributed by atoms with Crippen molar-refractivity contribution in [2.24, 2.45) is 10.7 Å². The average Bonchev–Trinajstić information content (AvgIpc) is 2.71. The molecular weight excluding hydrogens is 256 g/mol. The minimum absolute atomic E-state index is 0.716. The molecule has 2 N–H and O–H groups in total. The second-order valence-corrected chi connectivity index (χ2v) is 5.92. The molecule has 2 heterocycles. The van der Waals surface area contributed by atoms with Gasteiger partial charge in [-0.15, -0.1) is 11.3 Å². The lowest BCUT2D eigenvalue weighted by Gasteiger charge is -2.20. The maximum absolute atomic E-state index is 6.07. The molecule has 1 aromatic heterocycles. The first kappa shape index (κ1) is 14.3. The molecule has 0 saturated carbocycles. The van der Waals surface area contributed by atoms with E-state index in [-0.39, 0.29) is 0 Å². The Morgan fingerprint density at radius 3 is 2.74 bits per heavy atom. The van der Waals surface area contributed by atoms with Gasteiger partial charge in [-0.3, -0.25) is 4.99 Å². The maximum Gasteiger partial charge on any atom is 0.191 e. The van der Waals surface area contributed by atoms with Crippen LogP contribution in [-0.4, -0.2) is 35.5 Å². The quantitative estimate of drug-likeness (QED) is 0.681. The molecule has 19 heavy (non-hydrogen) atoms. The van der Waals surface area contributed by atoms with Crippen molar-refractivity contribution in [1.82, 2.24) is 9.88 Å². The fourth-order valence-electron chi connectivity index (χ4n) is 2.31. The number of aliphatic imine (C=N–C) groups is 1. The summed E-state index contributed by atoms with van der Waals surface area (Å²) < 4.78 is 0. The van der Waals surface area contributed by atoms with Crippen LogP contribution in [0.2, 0.25) is 0 Å². The van der Waals surface area contributed by atoms with E-state index in [0.717, 1.165) is 38.2 Å². The van der Waals surface area contributed by atoms with E-state index in [2.05, 4.69) is 27.2 Å². The maximum atomic E-state index is 6.07. The smallest absolute Gasteiger partial charge is 0.191 e. The number of hydrogen-bond donors (Lipinski definition) is 1. The Morgan fingerprint density at radius 2 is 2.11 bits per heavy atom. The Labute approximate surface area is 119 Å². The van der Waals surface area contributed by atoms with E-state index in [1.807, 2.05) is 0 Å². The molecule has 2 rings (SSSR count). The summed E-state index contributed by atoms with van der Waals surface area (Å²) in [4.78, 5) is 11.3. The van der Waals surface area contributed by atoms with Gasteiger partial charge in [0.15, 0.2) is 5.96 Å². The molecule has 1 aliphatic heterocycles. The van der Waals surface area contributed by atoms with Gasteiger partial charge in [0.05, 0.1) is 10.7 Å². The Bertz CT molecular complexity index is 405. The largest absolute Gasteiger partial charge is 0.370 e. The predicted molar refractivity (Wildman–Crippen MR) is 81.7 cm³/mol. The Balaban J connectivity index is 1.80. The first-order valence-electron chi connectivity index (χ1n) is 7.27. The topological polar surface area (TPSA) is 54.5 Å². The molecule has 0 aromatic carbocycles. The van der Waals surface area contributed by atoms with E-state index in [1.54, 1.807) is 11.3 Å². The molecule has 0 unspecified atom stereocenters. The van der Waals surface area contributed by atoms with Crippen molar-refractivity contribution in [2.75, 3.05) is 19.6 Å². The van der Waals surface area contributed by atoms with E-state index >= 15 is 0 Å². The van der Waals surface area contributed by atoms with Gasteiger partial charge in [-0.25, -0.2) is 4.98 Å². The van der Waals surface area contributed by atoms with Crippen LogP contribution in [0.5, 0.6) is 0 Å². The number of aromatic nitrogens is 1. The lowest BCUT2D eigenvalue weighted by molar-refractivity contribution is 0.428. The molecule has 0 amide bonds. The Kier molecular flexibility index (Phi) is 5.63. The van der Waals surface area contributed by atoms with Crippen LogP contribution in [0.15, 0.2) is 10.4 Å². The summed E-state index contributed by atoms with van der Waals surface area (Å²) in [6, 6.07) is 0. The fraction of sp³-hybridized carbons (Fsp3) is 0.714. The van der Waals surface area contributed by atoms with Crippen LogP contribution in [0, 0.1) is 0 Å². The summed E-state index contributed by atoms with van der Waals surface area (Å²) in [5.41, 5.74) is 7.22. The number of likely N-dealkylation sites (tertiary alicyclic amines) is 1. The first-order valence-corrected chi connectivity index (χ1v) is 8.15. The molecule has 1 aromatic rings. The molecule has 5 heteroatoms. The molecule has 106 valence electrons. The number of aryl methyl sites for hydroxylation is 1. The van der Waals surface area contributed by atoms with Gasteiger partial charge in [-0.05, 0) is 19.3 Å². The highest BCUT2D eigenvalue weighted by molar-refractivity contribution is 7.09. The molecule has 0 spiro atoms. The van der Waals surface area contributed by atoms with Crippen molar-refractivity contribution >= 4 is 17.3 Å². The number of guanidine groups is 1. The van der Waals surface area contributed by atoms with E-state index in [0.29, 0.717) is 5.96 Å². The van der Waals surface area contributed by atoms with Gasteiger partial charge < -0.3 is 10.6 Å². The van der Waals surface area contributed by atoms with Crippen molar-refractivity contribution in [3.05, 3.63) is 16.1 Å². The molecule has 1 aliphatic rings. The molecule has 1 saturated heterocycles. The highest BCUT2D eigenvalue weighted by atomic mass is 32.1. The number of nitrogens with two attached hydrogens (primary N) is 1. The SMILES string of the molecule is CCc1nc(CCN=C(N)N2CCCCCC2)cs1. The van der Waals surface area contributed by atoms with Crippen LogP contribution in [-0.2, 0) is 12.8 Å². The highest BCUT2D eigenvalue weighted by Gasteiger charge is 2.10. The zero-order valence-electron chi connectivity index (χ0n) is 11.8. The number of hydrogen-bond acceptors (Lipinski definition) is 3. The van der Waals surface area contributed by atoms with Crippen molar-refractivity contribution in [3.63, 3.8) is 0 Å². The van der Waals surface area contributed by atoms with Gasteiger partial charge in [-0.2, -0.15) is 0 Å². The third kappa shape index (κ3) is 4.49. The summed E-state index contributed by atoms with van der Waals surface area (Å²) in [7, 11) is 0. The van der Waals surface area contributed by atoms with Crippen molar-refractivity contribution < 1.29 is 0 Å². The Hall–Kier alpha value is -1.10. The predicted octanol–water partition coefficient (Wildman–Crippen LogP) is 2.44. The molecular formula is C14H24N4S. The van der Waals surface area contributed by atoms with Crippen LogP contribution in [0.1, 0.15) is 43.3 Å². The lowest BCUT2D eigenvalue weighted by Crippen LogP contribution is -2.38. The molecule has 4 nitrogen and oxygen atoms in total. The van der Waals surface area contributed by atoms with Crippen LogP contribution in [0.25, 0.3) is 0 Å². The summed E-state index contributed by atoms with van der Waals surface area (Å²) in [6.45, 7) is 5.01. The molecule has 1 fully saturated rings. The number of nitrogens with zero attached hydrogens (tertiary/aromatic N) is 3. The lowest BCUT2D eigenvalue weighted by atomic mass is 10.2. The second kappa shape index (κ2) is 7.48. The highest BCUT2D eigenvalue weighted by Crippen LogP contribution is 2.11. The summed E-state index contributed by atoms with van der Waals surface area (Å²) in [5.74, 6) is 0.716. The van der Waals surface area contributed by atoms with E-state index in [9.17, 15) is 0 Å². The standard InChI is InChI=1S/C14H24N4S/c1-2-13-17-12(11-19-13)7-8-16-14(15)18-9-5-3-4-6-10-18/h11H,2-10H2,1H3,(H2,15,16). The van der Waals surface area contributed by atoms with Crippen LogP contribution in [0.3, 0.4) is 0 Å². The van der Waals surface area contributed by atoms with Gasteiger partial charge in [-0.1, -0.05) is 19.8 Å². The van der Waals surface area contributed by atoms with Crippen LogP contribution < -0.4 is 5.73 Å². The summed E-state index contributed by atoms with van der Waals surface area (Å²) in [5, 5.41) is 3.34. The van der Waals surface area contributed by atoms with Crippen LogP contribution in [0.4, 0.5) is 0 Å². The minimum atomic E-state index is 0.716. The van der Waals surface area contributed by atoms with Crippen molar-refractivity contribution in [3.8, 4) is 0 Å². The van der Waals surface area contributed by atoms with Crippen molar-refractivity contribution in [2.45, 2.75) is 45.4 Å². The number of rotatable bonds is 4. The monoisotopic (exact) mass is 280 g/mol. The van der Waals surface area contributed by atoms with Gasteiger partial charge in [0, 0.05) is 31.4 Å². The molecule has 0 bridgehead atoms. The summed E-state index contributed by atoms with van der Waals surface area (Å²) in [6.07, 6.45) is 7.03. The van der Waals surface area contributed by atoms with Gasteiger partial charge in [0.25, 0.3) is 0 Å². The third-order valence-corrected chi connectivity index (χ3v) is 4.52. The fourth-order valence-corrected chi connectivity index (χ4v) is 3.09. The molecule has 0 atom stereocenters. The first-order chi connectivity index (χ1) is 9.29. The average molecular weight is 280 g/mol. The zero-order chi connectivity index (χ0) is 13.5. The van der Waals surface area contributed by atoms with Crippen molar-refractivity contribution in [1.29, 1.82) is 0 Å². The van der Waals surface area contributed by atoms with E-state index in [4.69, 9.17) is 5.73 Å².